The Morgan fingerprint density at radius 2 is 1.84 bits per heavy atom. The molecule has 0 unspecified atom stereocenters. The molecule has 2 amide bonds. The molecule has 0 aliphatic carbocycles. The topological polar surface area (TPSA) is 85.1 Å². The molecule has 2 heterocycles. The summed E-state index contributed by atoms with van der Waals surface area (Å²) in [5, 5.41) is 4.82. The number of nitrogens with one attached hydrogen (secondary N) is 1. The number of nitrogens with two attached hydrogens (primary N) is 1. The highest BCUT2D eigenvalue weighted by Crippen LogP contribution is 2.25. The smallest absolute Gasteiger partial charge is 0.257 e. The number of pyridine rings is 1. The second kappa shape index (κ2) is 6.86. The molecule has 6 heteroatoms. The van der Waals surface area contributed by atoms with Crippen molar-refractivity contribution < 1.29 is 9.59 Å². The zero-order valence-corrected chi connectivity index (χ0v) is 14.7. The molecule has 0 fully saturated rings. The fourth-order valence-electron chi connectivity index (χ4n) is 2.59. The van der Waals surface area contributed by atoms with E-state index in [0.717, 1.165) is 10.6 Å². The number of aromatic nitrogens is 1. The molecule has 0 bridgehead atoms. The number of carbonyl (C=O) groups is 2. The molecule has 2 aromatic heterocycles. The predicted molar refractivity (Wildman–Crippen MR) is 99.9 cm³/mol. The van der Waals surface area contributed by atoms with Gasteiger partial charge in [0.2, 0.25) is 5.91 Å². The van der Waals surface area contributed by atoms with Crippen molar-refractivity contribution in [1.82, 2.24) is 4.98 Å². The van der Waals surface area contributed by atoms with Crippen LogP contribution < -0.4 is 11.1 Å². The summed E-state index contributed by atoms with van der Waals surface area (Å²) in [6.07, 6.45) is 0. The number of benzene rings is 1. The Labute approximate surface area is 149 Å². The van der Waals surface area contributed by atoms with Crippen LogP contribution in [0.25, 0.3) is 10.6 Å². The third kappa shape index (κ3) is 3.44. The normalized spacial score (nSPS) is 10.5. The Bertz CT molecular complexity index is 949. The van der Waals surface area contributed by atoms with Crippen LogP contribution in [0.4, 0.5) is 5.69 Å². The first-order valence-electron chi connectivity index (χ1n) is 7.69. The third-order valence-electron chi connectivity index (χ3n) is 3.95. The molecule has 3 N–H and O–H groups in total. The average Bonchev–Trinajstić information content (AvgIpc) is 3.10. The van der Waals surface area contributed by atoms with Crippen LogP contribution in [0.1, 0.15) is 32.0 Å². The summed E-state index contributed by atoms with van der Waals surface area (Å²) in [5.74, 6) is -0.792. The summed E-state index contributed by atoms with van der Waals surface area (Å²) in [5.41, 5.74) is 8.92. The number of primary amides is 1. The van der Waals surface area contributed by atoms with E-state index in [2.05, 4.69) is 10.3 Å². The molecule has 0 radical (unpaired) electrons. The van der Waals surface area contributed by atoms with Crippen LogP contribution in [0.15, 0.2) is 47.8 Å². The lowest BCUT2D eigenvalue weighted by atomic mass is 10.1. The van der Waals surface area contributed by atoms with Gasteiger partial charge in [-0.3, -0.25) is 14.6 Å². The van der Waals surface area contributed by atoms with E-state index in [1.165, 1.54) is 0 Å². The Morgan fingerprint density at radius 3 is 2.48 bits per heavy atom. The Kier molecular flexibility index (Phi) is 4.63. The summed E-state index contributed by atoms with van der Waals surface area (Å²) >= 11 is 1.60. The van der Waals surface area contributed by atoms with Gasteiger partial charge in [-0.15, -0.1) is 11.3 Å². The number of amides is 2. The molecule has 126 valence electrons. The van der Waals surface area contributed by atoms with Crippen LogP contribution in [-0.2, 0) is 0 Å². The van der Waals surface area contributed by atoms with Gasteiger partial charge in [-0.2, -0.15) is 0 Å². The number of thiophene rings is 1. The fraction of sp³-hybridized carbons (Fsp3) is 0.105. The van der Waals surface area contributed by atoms with Crippen molar-refractivity contribution in [2.75, 3.05) is 5.32 Å². The molecule has 0 saturated heterocycles. The molecule has 5 nitrogen and oxygen atoms in total. The molecule has 0 aliphatic heterocycles. The second-order valence-electron chi connectivity index (χ2n) is 5.60. The quantitative estimate of drug-likeness (QED) is 0.750. The van der Waals surface area contributed by atoms with E-state index in [0.29, 0.717) is 28.1 Å². The molecule has 1 aromatic carbocycles. The summed E-state index contributed by atoms with van der Waals surface area (Å²) < 4.78 is 0. The van der Waals surface area contributed by atoms with Gasteiger partial charge in [0.25, 0.3) is 5.91 Å². The molecule has 0 saturated carbocycles. The van der Waals surface area contributed by atoms with Crippen LogP contribution in [0, 0.1) is 13.8 Å². The van der Waals surface area contributed by atoms with Crippen molar-refractivity contribution in [3.8, 4) is 10.6 Å². The number of hydrogen-bond acceptors (Lipinski definition) is 4. The third-order valence-corrected chi connectivity index (χ3v) is 4.84. The van der Waals surface area contributed by atoms with Crippen molar-refractivity contribution in [1.29, 1.82) is 0 Å². The minimum absolute atomic E-state index is 0.271. The van der Waals surface area contributed by atoms with Gasteiger partial charge >= 0.3 is 0 Å². The summed E-state index contributed by atoms with van der Waals surface area (Å²) in [6.45, 7) is 3.55. The lowest BCUT2D eigenvalue weighted by molar-refractivity contribution is 0.0995. The molecule has 3 aromatic rings. The van der Waals surface area contributed by atoms with E-state index in [-0.39, 0.29) is 5.91 Å². The largest absolute Gasteiger partial charge is 0.366 e. The Balaban J connectivity index is 1.87. The molecular weight excluding hydrogens is 334 g/mol. The van der Waals surface area contributed by atoms with Gasteiger partial charge in [0, 0.05) is 11.3 Å². The van der Waals surface area contributed by atoms with Gasteiger partial charge in [-0.05, 0) is 55.1 Å². The van der Waals surface area contributed by atoms with E-state index in [4.69, 9.17) is 5.73 Å². The van der Waals surface area contributed by atoms with Crippen molar-refractivity contribution >= 4 is 28.8 Å². The molecule has 3 rings (SSSR count). The maximum Gasteiger partial charge on any atom is 0.257 e. The number of carbonyl (C=O) groups excluding carboxylic acids is 2. The van der Waals surface area contributed by atoms with Crippen molar-refractivity contribution in [3.05, 3.63) is 70.2 Å². The van der Waals surface area contributed by atoms with Gasteiger partial charge < -0.3 is 11.1 Å². The minimum Gasteiger partial charge on any atom is -0.366 e. The Morgan fingerprint density at radius 1 is 1.04 bits per heavy atom. The zero-order chi connectivity index (χ0) is 18.0. The zero-order valence-electron chi connectivity index (χ0n) is 13.9. The molecule has 25 heavy (non-hydrogen) atoms. The first-order valence-corrected chi connectivity index (χ1v) is 8.57. The van der Waals surface area contributed by atoms with Crippen molar-refractivity contribution in [2.24, 2.45) is 5.73 Å². The number of anilines is 1. The Hall–Kier alpha value is -2.99. The summed E-state index contributed by atoms with van der Waals surface area (Å²) in [4.78, 5) is 29.6. The molecule has 0 spiro atoms. The molecular formula is C19H17N3O2S. The monoisotopic (exact) mass is 351 g/mol. The lowest BCUT2D eigenvalue weighted by Crippen LogP contribution is -2.17. The van der Waals surface area contributed by atoms with Gasteiger partial charge in [0.15, 0.2) is 0 Å². The number of nitrogens with zero attached hydrogens (tertiary/aromatic N) is 1. The summed E-state index contributed by atoms with van der Waals surface area (Å²) in [6, 6.07) is 12.6. The van der Waals surface area contributed by atoms with E-state index in [1.54, 1.807) is 49.4 Å². The standard InChI is InChI=1S/C19H17N3O2S/c1-11-13(18(20)23)5-3-6-15(11)22-19(24)14-8-9-16(21-12(14)2)17-7-4-10-25-17/h3-10H,1-2H3,(H2,20,23)(H,22,24). The maximum atomic E-state index is 12.6. The average molecular weight is 351 g/mol. The van der Waals surface area contributed by atoms with Crippen LogP contribution in [-0.4, -0.2) is 16.8 Å². The predicted octanol–water partition coefficient (Wildman–Crippen LogP) is 3.78. The first kappa shape index (κ1) is 16.9. The highest BCUT2D eigenvalue weighted by atomic mass is 32.1. The number of rotatable bonds is 4. The van der Waals surface area contributed by atoms with E-state index >= 15 is 0 Å². The van der Waals surface area contributed by atoms with Crippen molar-refractivity contribution in [2.45, 2.75) is 13.8 Å². The highest BCUT2D eigenvalue weighted by molar-refractivity contribution is 7.13. The fourth-order valence-corrected chi connectivity index (χ4v) is 3.29. The molecule has 0 atom stereocenters. The van der Waals surface area contributed by atoms with Gasteiger partial charge in [0.1, 0.15) is 0 Å². The van der Waals surface area contributed by atoms with Crippen LogP contribution in [0.3, 0.4) is 0 Å². The molecule has 0 aliphatic rings. The van der Waals surface area contributed by atoms with Crippen LogP contribution in [0.2, 0.25) is 0 Å². The maximum absolute atomic E-state index is 12.6. The van der Waals surface area contributed by atoms with Gasteiger partial charge in [-0.25, -0.2) is 0 Å². The first-order chi connectivity index (χ1) is 12.0. The van der Waals surface area contributed by atoms with Crippen molar-refractivity contribution in [3.63, 3.8) is 0 Å². The van der Waals surface area contributed by atoms with E-state index in [9.17, 15) is 9.59 Å². The highest BCUT2D eigenvalue weighted by Gasteiger charge is 2.15. The van der Waals surface area contributed by atoms with Gasteiger partial charge in [-0.1, -0.05) is 12.1 Å². The van der Waals surface area contributed by atoms with E-state index < -0.39 is 5.91 Å². The van der Waals surface area contributed by atoms with Crippen LogP contribution >= 0.6 is 11.3 Å². The summed E-state index contributed by atoms with van der Waals surface area (Å²) in [7, 11) is 0. The number of aryl methyl sites for hydroxylation is 1. The SMILES string of the molecule is Cc1nc(-c2cccs2)ccc1C(=O)Nc1cccc(C(N)=O)c1C. The second-order valence-corrected chi connectivity index (χ2v) is 6.55. The lowest BCUT2D eigenvalue weighted by Gasteiger charge is -2.12. The van der Waals surface area contributed by atoms with Gasteiger partial charge in [0.05, 0.1) is 21.8 Å². The minimum atomic E-state index is -0.522. The van der Waals surface area contributed by atoms with E-state index in [1.807, 2.05) is 23.6 Å². The van der Waals surface area contributed by atoms with Crippen LogP contribution in [0.5, 0.6) is 0 Å². The number of hydrogen-bond donors (Lipinski definition) is 2.